The van der Waals surface area contributed by atoms with Gasteiger partial charge in [-0.15, -0.1) is 0 Å². The number of hydrogen-bond donors (Lipinski definition) is 1. The predicted octanol–water partition coefficient (Wildman–Crippen LogP) is 2.10. The van der Waals surface area contributed by atoms with E-state index in [1.165, 1.54) is 24.0 Å². The number of likely N-dealkylation sites (tertiary alicyclic amines) is 1. The third-order valence-electron chi connectivity index (χ3n) is 4.01. The van der Waals surface area contributed by atoms with E-state index in [2.05, 4.69) is 6.07 Å². The minimum Gasteiger partial charge on any atom is -0.410 e. The van der Waals surface area contributed by atoms with Crippen molar-refractivity contribution >= 4 is 6.09 Å². The average Bonchev–Trinajstić information content (AvgIpc) is 2.85. The van der Waals surface area contributed by atoms with Crippen LogP contribution in [0.4, 0.5) is 4.79 Å². The van der Waals surface area contributed by atoms with Crippen LogP contribution in [-0.2, 0) is 12.8 Å². The molecule has 2 aliphatic rings. The Hall–Kier alpha value is -1.55. The molecule has 1 fully saturated rings. The van der Waals surface area contributed by atoms with Crippen molar-refractivity contribution in [3.63, 3.8) is 0 Å². The fourth-order valence-electron chi connectivity index (χ4n) is 2.89. The molecule has 1 atom stereocenters. The van der Waals surface area contributed by atoms with Crippen LogP contribution in [0.2, 0.25) is 0 Å². The van der Waals surface area contributed by atoms with Gasteiger partial charge >= 0.3 is 6.09 Å². The van der Waals surface area contributed by atoms with Crippen molar-refractivity contribution in [1.29, 1.82) is 0 Å². The average molecular weight is 260 g/mol. The molecule has 1 aliphatic carbocycles. The molecular weight excluding hydrogens is 240 g/mol. The number of nitrogens with zero attached hydrogens (tertiary/aromatic N) is 1. The molecule has 1 aliphatic heterocycles. The van der Waals surface area contributed by atoms with Crippen molar-refractivity contribution < 1.29 is 9.53 Å². The number of amides is 1. The smallest absolute Gasteiger partial charge is 0.410 e. The first-order chi connectivity index (χ1) is 9.22. The van der Waals surface area contributed by atoms with Gasteiger partial charge in [-0.05, 0) is 55.4 Å². The van der Waals surface area contributed by atoms with Gasteiger partial charge < -0.3 is 15.4 Å². The number of ether oxygens (including phenoxy) is 1. The SMILES string of the molecule is N[C@@H]1CCN(C(=O)Oc2ccc3c(c2)CCCC3)C1. The van der Waals surface area contributed by atoms with Crippen LogP contribution in [0, 0.1) is 0 Å². The van der Waals surface area contributed by atoms with Gasteiger partial charge in [0.2, 0.25) is 0 Å². The molecule has 1 heterocycles. The fourth-order valence-corrected chi connectivity index (χ4v) is 2.89. The second-order valence-corrected chi connectivity index (χ2v) is 5.50. The maximum atomic E-state index is 12.0. The van der Waals surface area contributed by atoms with Gasteiger partial charge in [0, 0.05) is 19.1 Å². The van der Waals surface area contributed by atoms with E-state index in [4.69, 9.17) is 10.5 Å². The summed E-state index contributed by atoms with van der Waals surface area (Å²) >= 11 is 0. The summed E-state index contributed by atoms with van der Waals surface area (Å²) in [5, 5.41) is 0. The van der Waals surface area contributed by atoms with Crippen molar-refractivity contribution in [3.8, 4) is 5.75 Å². The van der Waals surface area contributed by atoms with Crippen LogP contribution in [0.3, 0.4) is 0 Å². The minimum absolute atomic E-state index is 0.0936. The number of carbonyl (C=O) groups is 1. The molecule has 0 saturated carbocycles. The number of carbonyl (C=O) groups excluding carboxylic acids is 1. The summed E-state index contributed by atoms with van der Waals surface area (Å²) in [6.07, 6.45) is 5.31. The Kier molecular flexibility index (Phi) is 3.42. The van der Waals surface area contributed by atoms with E-state index in [-0.39, 0.29) is 12.1 Å². The monoisotopic (exact) mass is 260 g/mol. The zero-order valence-corrected chi connectivity index (χ0v) is 11.1. The fraction of sp³-hybridized carbons (Fsp3) is 0.533. The largest absolute Gasteiger partial charge is 0.415 e. The van der Waals surface area contributed by atoms with Gasteiger partial charge in [0.1, 0.15) is 5.75 Å². The summed E-state index contributed by atoms with van der Waals surface area (Å²) in [5.41, 5.74) is 8.52. The molecule has 0 bridgehead atoms. The number of nitrogens with two attached hydrogens (primary N) is 1. The summed E-state index contributed by atoms with van der Waals surface area (Å²) < 4.78 is 5.44. The molecule has 4 nitrogen and oxygen atoms in total. The van der Waals surface area contributed by atoms with Gasteiger partial charge in [-0.2, -0.15) is 0 Å². The number of hydrogen-bond acceptors (Lipinski definition) is 3. The van der Waals surface area contributed by atoms with Crippen LogP contribution in [0.25, 0.3) is 0 Å². The minimum atomic E-state index is -0.274. The molecule has 102 valence electrons. The molecule has 2 N–H and O–H groups in total. The van der Waals surface area contributed by atoms with Crippen molar-refractivity contribution in [2.75, 3.05) is 13.1 Å². The number of fused-ring (bicyclic) bond motifs is 1. The van der Waals surface area contributed by atoms with Crippen molar-refractivity contribution in [2.45, 2.75) is 38.1 Å². The highest BCUT2D eigenvalue weighted by Gasteiger charge is 2.25. The molecule has 4 heteroatoms. The molecule has 0 unspecified atom stereocenters. The first kappa shape index (κ1) is 12.5. The topological polar surface area (TPSA) is 55.6 Å². The van der Waals surface area contributed by atoms with Gasteiger partial charge in [0.25, 0.3) is 0 Å². The summed E-state index contributed by atoms with van der Waals surface area (Å²) in [6.45, 7) is 1.30. The normalized spacial score (nSPS) is 22.2. The standard InChI is InChI=1S/C15H20N2O2/c16-13-7-8-17(10-13)15(18)19-14-6-5-11-3-1-2-4-12(11)9-14/h5-6,9,13H,1-4,7-8,10,16H2/t13-/m1/s1. The van der Waals surface area contributed by atoms with Crippen LogP contribution in [-0.4, -0.2) is 30.1 Å². The summed E-state index contributed by atoms with van der Waals surface area (Å²) in [6, 6.07) is 6.10. The molecule has 0 radical (unpaired) electrons. The van der Waals surface area contributed by atoms with Crippen molar-refractivity contribution in [3.05, 3.63) is 29.3 Å². The lowest BCUT2D eigenvalue weighted by Crippen LogP contribution is -2.34. The third-order valence-corrected chi connectivity index (χ3v) is 4.01. The molecule has 1 aromatic rings. The molecule has 1 aromatic carbocycles. The van der Waals surface area contributed by atoms with Gasteiger partial charge in [-0.1, -0.05) is 6.07 Å². The second kappa shape index (κ2) is 5.21. The number of benzene rings is 1. The maximum absolute atomic E-state index is 12.0. The van der Waals surface area contributed by atoms with Crippen molar-refractivity contribution in [1.82, 2.24) is 4.90 Å². The Balaban J connectivity index is 1.68. The van der Waals surface area contributed by atoms with E-state index in [9.17, 15) is 4.79 Å². The Morgan fingerprint density at radius 1 is 1.26 bits per heavy atom. The van der Waals surface area contributed by atoms with Crippen molar-refractivity contribution in [2.24, 2.45) is 5.73 Å². The molecule has 3 rings (SSSR count). The molecule has 1 saturated heterocycles. The highest BCUT2D eigenvalue weighted by atomic mass is 16.6. The molecular formula is C15H20N2O2. The van der Waals surface area contributed by atoms with Gasteiger partial charge in [-0.3, -0.25) is 0 Å². The van der Waals surface area contributed by atoms with E-state index in [1.807, 2.05) is 12.1 Å². The maximum Gasteiger partial charge on any atom is 0.415 e. The first-order valence-corrected chi connectivity index (χ1v) is 7.06. The Morgan fingerprint density at radius 2 is 2.05 bits per heavy atom. The van der Waals surface area contributed by atoms with Gasteiger partial charge in [0.05, 0.1) is 0 Å². The lowest BCUT2D eigenvalue weighted by Gasteiger charge is -2.18. The van der Waals surface area contributed by atoms with Crippen LogP contribution in [0.15, 0.2) is 18.2 Å². The Labute approximate surface area is 113 Å². The lowest BCUT2D eigenvalue weighted by molar-refractivity contribution is 0.162. The zero-order valence-electron chi connectivity index (χ0n) is 11.1. The quantitative estimate of drug-likeness (QED) is 0.841. The molecule has 0 aromatic heterocycles. The Bertz CT molecular complexity index is 487. The van der Waals surface area contributed by atoms with Gasteiger partial charge in [0.15, 0.2) is 0 Å². The highest BCUT2D eigenvalue weighted by molar-refractivity contribution is 5.71. The van der Waals surface area contributed by atoms with E-state index in [0.29, 0.717) is 18.8 Å². The van der Waals surface area contributed by atoms with Gasteiger partial charge in [-0.25, -0.2) is 4.79 Å². The summed E-state index contributed by atoms with van der Waals surface area (Å²) in [7, 11) is 0. The first-order valence-electron chi connectivity index (χ1n) is 7.06. The van der Waals surface area contributed by atoms with E-state index >= 15 is 0 Å². The van der Waals surface area contributed by atoms with Crippen LogP contribution < -0.4 is 10.5 Å². The van der Waals surface area contributed by atoms with E-state index in [0.717, 1.165) is 19.3 Å². The molecule has 1 amide bonds. The highest BCUT2D eigenvalue weighted by Crippen LogP contribution is 2.25. The third kappa shape index (κ3) is 2.73. The number of rotatable bonds is 1. The predicted molar refractivity (Wildman–Crippen MR) is 73.3 cm³/mol. The second-order valence-electron chi connectivity index (χ2n) is 5.50. The molecule has 0 spiro atoms. The summed E-state index contributed by atoms with van der Waals surface area (Å²) in [4.78, 5) is 13.7. The van der Waals surface area contributed by atoms with E-state index < -0.39 is 0 Å². The van der Waals surface area contributed by atoms with Crippen LogP contribution in [0.1, 0.15) is 30.4 Å². The summed E-state index contributed by atoms with van der Waals surface area (Å²) in [5.74, 6) is 0.658. The number of aryl methyl sites for hydroxylation is 2. The van der Waals surface area contributed by atoms with E-state index in [1.54, 1.807) is 4.90 Å². The zero-order chi connectivity index (χ0) is 13.2. The van der Waals surface area contributed by atoms with Crippen LogP contribution in [0.5, 0.6) is 5.75 Å². The Morgan fingerprint density at radius 3 is 2.79 bits per heavy atom. The van der Waals surface area contributed by atoms with Crippen LogP contribution >= 0.6 is 0 Å². The molecule has 19 heavy (non-hydrogen) atoms. The lowest BCUT2D eigenvalue weighted by atomic mass is 9.92.